The molecule has 0 atom stereocenters. The number of amides is 1. The average Bonchev–Trinajstić information content (AvgIpc) is 2.33. The van der Waals surface area contributed by atoms with Gasteiger partial charge in [-0.3, -0.25) is 9.78 Å². The van der Waals surface area contributed by atoms with Crippen molar-refractivity contribution in [1.82, 2.24) is 9.88 Å². The molecule has 1 aliphatic rings. The second-order valence-corrected chi connectivity index (χ2v) is 4.95. The predicted molar refractivity (Wildman–Crippen MR) is 66.5 cm³/mol. The summed E-state index contributed by atoms with van der Waals surface area (Å²) in [4.78, 5) is 17.8. The topological polar surface area (TPSA) is 59.2 Å². The van der Waals surface area contributed by atoms with Gasteiger partial charge in [0.25, 0.3) is 5.91 Å². The third-order valence-electron chi connectivity index (χ3n) is 3.69. The Hall–Kier alpha value is -1.42. The molecule has 1 aliphatic carbocycles. The number of nitrogens with two attached hydrogens (primary N) is 1. The number of hydrogen-bond acceptors (Lipinski definition) is 3. The van der Waals surface area contributed by atoms with Crippen LogP contribution in [0.5, 0.6) is 0 Å². The smallest absolute Gasteiger partial charge is 0.253 e. The quantitative estimate of drug-likeness (QED) is 0.852. The Kier molecular flexibility index (Phi) is 3.43. The van der Waals surface area contributed by atoms with Crippen molar-refractivity contribution in [3.8, 4) is 0 Å². The molecule has 1 aromatic heterocycles. The number of pyridine rings is 1. The highest BCUT2D eigenvalue weighted by Gasteiger charge is 2.37. The Balaban J connectivity index is 2.01. The molecule has 0 aromatic carbocycles. The standard InChI is InChI=1S/C13H19N3O/c1-16(10-13(9-14)5-2-6-13)12(17)11-3-7-15-8-4-11/h3-4,7-8H,2,5-6,9-10,14H2,1H3. The molecule has 0 aliphatic heterocycles. The second-order valence-electron chi connectivity index (χ2n) is 4.95. The predicted octanol–water partition coefficient (Wildman–Crippen LogP) is 1.28. The summed E-state index contributed by atoms with van der Waals surface area (Å²) in [7, 11) is 1.85. The van der Waals surface area contributed by atoms with Crippen LogP contribution in [0.2, 0.25) is 0 Å². The van der Waals surface area contributed by atoms with Crippen molar-refractivity contribution >= 4 is 5.91 Å². The molecule has 1 heterocycles. The normalized spacial score (nSPS) is 17.3. The molecular weight excluding hydrogens is 214 g/mol. The third kappa shape index (κ3) is 2.47. The Morgan fingerprint density at radius 3 is 2.59 bits per heavy atom. The summed E-state index contributed by atoms with van der Waals surface area (Å²) in [5, 5.41) is 0. The lowest BCUT2D eigenvalue weighted by molar-refractivity contribution is 0.0568. The van der Waals surface area contributed by atoms with Crippen molar-refractivity contribution in [1.29, 1.82) is 0 Å². The van der Waals surface area contributed by atoms with E-state index in [1.54, 1.807) is 29.4 Å². The molecule has 4 nitrogen and oxygen atoms in total. The largest absolute Gasteiger partial charge is 0.341 e. The molecule has 0 saturated heterocycles. The number of nitrogens with zero attached hydrogens (tertiary/aromatic N) is 2. The SMILES string of the molecule is CN(CC1(CN)CCC1)C(=O)c1ccncc1. The van der Waals surface area contributed by atoms with E-state index in [2.05, 4.69) is 4.98 Å². The van der Waals surface area contributed by atoms with Crippen LogP contribution in [0.15, 0.2) is 24.5 Å². The van der Waals surface area contributed by atoms with E-state index < -0.39 is 0 Å². The Bertz CT molecular complexity index is 381. The zero-order valence-corrected chi connectivity index (χ0v) is 10.2. The molecule has 0 radical (unpaired) electrons. The molecular formula is C13H19N3O. The van der Waals surface area contributed by atoms with Gasteiger partial charge >= 0.3 is 0 Å². The minimum absolute atomic E-state index is 0.0483. The fourth-order valence-electron chi connectivity index (χ4n) is 2.39. The lowest BCUT2D eigenvalue weighted by Crippen LogP contribution is -2.47. The number of rotatable bonds is 4. The fraction of sp³-hybridized carbons (Fsp3) is 0.538. The Morgan fingerprint density at radius 1 is 1.47 bits per heavy atom. The molecule has 2 rings (SSSR count). The maximum Gasteiger partial charge on any atom is 0.253 e. The van der Waals surface area contributed by atoms with Gasteiger partial charge in [-0.2, -0.15) is 0 Å². The molecule has 1 amide bonds. The first-order chi connectivity index (χ1) is 8.17. The summed E-state index contributed by atoms with van der Waals surface area (Å²) in [5.41, 5.74) is 6.66. The molecule has 17 heavy (non-hydrogen) atoms. The van der Waals surface area contributed by atoms with Crippen LogP contribution in [0, 0.1) is 5.41 Å². The van der Waals surface area contributed by atoms with Gasteiger partial charge < -0.3 is 10.6 Å². The molecule has 1 fully saturated rings. The van der Waals surface area contributed by atoms with Crippen molar-refractivity contribution in [2.45, 2.75) is 19.3 Å². The molecule has 0 spiro atoms. The van der Waals surface area contributed by atoms with E-state index in [0.717, 1.165) is 19.4 Å². The average molecular weight is 233 g/mol. The maximum absolute atomic E-state index is 12.1. The van der Waals surface area contributed by atoms with Crippen LogP contribution in [0.1, 0.15) is 29.6 Å². The summed E-state index contributed by atoms with van der Waals surface area (Å²) >= 11 is 0. The summed E-state index contributed by atoms with van der Waals surface area (Å²) in [6.45, 7) is 1.42. The van der Waals surface area contributed by atoms with Crippen molar-refractivity contribution in [2.75, 3.05) is 20.1 Å². The minimum Gasteiger partial charge on any atom is -0.341 e. The van der Waals surface area contributed by atoms with Gasteiger partial charge in [0.05, 0.1) is 0 Å². The first-order valence-corrected chi connectivity index (χ1v) is 6.02. The number of carbonyl (C=O) groups excluding carboxylic acids is 1. The first-order valence-electron chi connectivity index (χ1n) is 6.02. The van der Waals surface area contributed by atoms with E-state index in [1.165, 1.54) is 6.42 Å². The van der Waals surface area contributed by atoms with Gasteiger partial charge in [0.2, 0.25) is 0 Å². The highest BCUT2D eigenvalue weighted by Crippen LogP contribution is 2.40. The van der Waals surface area contributed by atoms with E-state index >= 15 is 0 Å². The van der Waals surface area contributed by atoms with Gasteiger partial charge in [0.15, 0.2) is 0 Å². The molecule has 0 bridgehead atoms. The third-order valence-corrected chi connectivity index (χ3v) is 3.69. The number of carbonyl (C=O) groups is 1. The van der Waals surface area contributed by atoms with Crippen LogP contribution in [-0.4, -0.2) is 35.9 Å². The summed E-state index contributed by atoms with van der Waals surface area (Å²) in [6, 6.07) is 3.49. The van der Waals surface area contributed by atoms with Gasteiger partial charge in [0.1, 0.15) is 0 Å². The lowest BCUT2D eigenvalue weighted by Gasteiger charge is -2.43. The van der Waals surface area contributed by atoms with E-state index in [0.29, 0.717) is 12.1 Å². The molecule has 92 valence electrons. The van der Waals surface area contributed by atoms with Crippen LogP contribution < -0.4 is 5.73 Å². The highest BCUT2D eigenvalue weighted by molar-refractivity contribution is 5.93. The van der Waals surface area contributed by atoms with E-state index in [1.807, 2.05) is 7.05 Å². The molecule has 0 unspecified atom stereocenters. The van der Waals surface area contributed by atoms with E-state index in [9.17, 15) is 4.79 Å². The minimum atomic E-state index is 0.0483. The first kappa shape index (κ1) is 12.0. The number of aromatic nitrogens is 1. The van der Waals surface area contributed by atoms with Gasteiger partial charge in [-0.15, -0.1) is 0 Å². The van der Waals surface area contributed by atoms with Crippen LogP contribution in [-0.2, 0) is 0 Å². The van der Waals surface area contributed by atoms with Gasteiger partial charge in [-0.1, -0.05) is 6.42 Å². The van der Waals surface area contributed by atoms with Crippen LogP contribution >= 0.6 is 0 Å². The highest BCUT2D eigenvalue weighted by atomic mass is 16.2. The molecule has 4 heteroatoms. The van der Waals surface area contributed by atoms with Crippen LogP contribution in [0.4, 0.5) is 0 Å². The maximum atomic E-state index is 12.1. The van der Waals surface area contributed by atoms with Gasteiger partial charge in [-0.05, 0) is 31.5 Å². The van der Waals surface area contributed by atoms with E-state index in [4.69, 9.17) is 5.73 Å². The fourth-order valence-corrected chi connectivity index (χ4v) is 2.39. The van der Waals surface area contributed by atoms with Gasteiger partial charge in [0, 0.05) is 37.0 Å². The van der Waals surface area contributed by atoms with Crippen molar-refractivity contribution < 1.29 is 4.79 Å². The van der Waals surface area contributed by atoms with Gasteiger partial charge in [-0.25, -0.2) is 0 Å². The van der Waals surface area contributed by atoms with Crippen LogP contribution in [0.3, 0.4) is 0 Å². The summed E-state index contributed by atoms with van der Waals surface area (Å²) in [6.07, 6.45) is 6.79. The Labute approximate surface area is 102 Å². The summed E-state index contributed by atoms with van der Waals surface area (Å²) in [5.74, 6) is 0.0483. The number of hydrogen-bond donors (Lipinski definition) is 1. The lowest BCUT2D eigenvalue weighted by atomic mass is 9.68. The summed E-state index contributed by atoms with van der Waals surface area (Å²) < 4.78 is 0. The van der Waals surface area contributed by atoms with Crippen molar-refractivity contribution in [2.24, 2.45) is 11.1 Å². The Morgan fingerprint density at radius 2 is 2.12 bits per heavy atom. The molecule has 1 aromatic rings. The van der Waals surface area contributed by atoms with Crippen molar-refractivity contribution in [3.05, 3.63) is 30.1 Å². The molecule has 1 saturated carbocycles. The zero-order chi connectivity index (χ0) is 12.3. The molecule has 2 N–H and O–H groups in total. The van der Waals surface area contributed by atoms with Crippen LogP contribution in [0.25, 0.3) is 0 Å². The van der Waals surface area contributed by atoms with Crippen molar-refractivity contribution in [3.63, 3.8) is 0 Å². The van der Waals surface area contributed by atoms with E-state index in [-0.39, 0.29) is 11.3 Å². The monoisotopic (exact) mass is 233 g/mol. The second kappa shape index (κ2) is 4.84. The zero-order valence-electron chi connectivity index (χ0n) is 10.2.